The zero-order valence-electron chi connectivity index (χ0n) is 8.43. The van der Waals surface area contributed by atoms with Crippen molar-refractivity contribution in [1.29, 1.82) is 0 Å². The minimum atomic E-state index is 0. The van der Waals surface area contributed by atoms with E-state index >= 15 is 0 Å². The van der Waals surface area contributed by atoms with E-state index in [4.69, 9.17) is 5.73 Å². The van der Waals surface area contributed by atoms with Gasteiger partial charge in [-0.1, -0.05) is 23.9 Å². The van der Waals surface area contributed by atoms with Crippen LogP contribution in [0.5, 0.6) is 0 Å². The number of hydrogen-bond donors (Lipinski definition) is 2. The van der Waals surface area contributed by atoms with Crippen molar-refractivity contribution >= 4 is 35.2 Å². The lowest BCUT2D eigenvalue weighted by Crippen LogP contribution is -2.17. The van der Waals surface area contributed by atoms with E-state index in [0.29, 0.717) is 0 Å². The summed E-state index contributed by atoms with van der Waals surface area (Å²) in [6.07, 6.45) is 0. The molecule has 0 saturated heterocycles. The second kappa shape index (κ2) is 5.39. The highest BCUT2D eigenvalue weighted by Crippen LogP contribution is 2.19. The molecule has 0 radical (unpaired) electrons. The van der Waals surface area contributed by atoms with Crippen LogP contribution < -0.4 is 5.73 Å². The molecule has 0 unspecified atom stereocenters. The number of aromatic amines is 1. The van der Waals surface area contributed by atoms with Crippen LogP contribution >= 0.6 is 24.2 Å². The Morgan fingerprint density at radius 2 is 2.20 bits per heavy atom. The summed E-state index contributed by atoms with van der Waals surface area (Å²) >= 11 is 1.66. The maximum absolute atomic E-state index is 5.67. The second-order valence-electron chi connectivity index (χ2n) is 3.35. The number of rotatable bonds is 3. The fraction of sp³-hybridized carbons (Fsp3) is 0.300. The lowest BCUT2D eigenvalue weighted by atomic mass is 10.3. The number of fused-ring (bicyclic) bond motifs is 1. The van der Waals surface area contributed by atoms with Gasteiger partial charge in [-0.2, -0.15) is 0 Å². The Balaban J connectivity index is 0.00000112. The zero-order chi connectivity index (χ0) is 9.97. The van der Waals surface area contributed by atoms with E-state index in [2.05, 4.69) is 9.97 Å². The topological polar surface area (TPSA) is 54.7 Å². The largest absolute Gasteiger partial charge is 0.333 e. The Bertz CT molecular complexity index is 394. The number of benzene rings is 1. The maximum atomic E-state index is 5.67. The van der Waals surface area contributed by atoms with Gasteiger partial charge >= 0.3 is 0 Å². The number of hydrogen-bond acceptors (Lipinski definition) is 3. The van der Waals surface area contributed by atoms with Crippen LogP contribution in [0.2, 0.25) is 0 Å². The van der Waals surface area contributed by atoms with Crippen LogP contribution in [0.25, 0.3) is 11.0 Å². The molecular formula is C10H14ClN3S. The Hall–Kier alpha value is -0.710. The molecule has 3 N–H and O–H groups in total. The second-order valence-corrected chi connectivity index (χ2v) is 4.36. The van der Waals surface area contributed by atoms with E-state index in [1.807, 2.05) is 31.2 Å². The molecule has 0 fully saturated rings. The van der Waals surface area contributed by atoms with Gasteiger partial charge in [0.15, 0.2) is 5.16 Å². The van der Waals surface area contributed by atoms with Crippen molar-refractivity contribution in [3.8, 4) is 0 Å². The van der Waals surface area contributed by atoms with Gasteiger partial charge in [-0.15, -0.1) is 12.4 Å². The summed E-state index contributed by atoms with van der Waals surface area (Å²) in [6, 6.07) is 8.22. The SMILES string of the molecule is C[C@@H](N)CSc1nc2ccccc2[nH]1.Cl. The molecule has 0 amide bonds. The smallest absolute Gasteiger partial charge is 0.166 e. The molecule has 1 heterocycles. The first-order chi connectivity index (χ1) is 6.75. The lowest BCUT2D eigenvalue weighted by Gasteiger charge is -2.00. The number of imidazole rings is 1. The van der Waals surface area contributed by atoms with Crippen molar-refractivity contribution < 1.29 is 0 Å². The summed E-state index contributed by atoms with van der Waals surface area (Å²) in [6.45, 7) is 2.00. The van der Waals surface area contributed by atoms with Crippen LogP contribution in [-0.2, 0) is 0 Å². The summed E-state index contributed by atoms with van der Waals surface area (Å²) in [5, 5.41) is 0.948. The molecule has 0 aliphatic heterocycles. The maximum Gasteiger partial charge on any atom is 0.166 e. The van der Waals surface area contributed by atoms with Gasteiger partial charge in [0, 0.05) is 11.8 Å². The van der Waals surface area contributed by atoms with Gasteiger partial charge in [0.2, 0.25) is 0 Å². The number of nitrogens with one attached hydrogen (secondary N) is 1. The molecule has 0 aliphatic carbocycles. The molecule has 0 spiro atoms. The van der Waals surface area contributed by atoms with E-state index in [-0.39, 0.29) is 18.4 Å². The molecule has 0 bridgehead atoms. The van der Waals surface area contributed by atoms with E-state index in [0.717, 1.165) is 21.9 Å². The number of thioether (sulfide) groups is 1. The van der Waals surface area contributed by atoms with E-state index in [1.165, 1.54) is 0 Å². The van der Waals surface area contributed by atoms with Crippen molar-refractivity contribution in [3.63, 3.8) is 0 Å². The average molecular weight is 244 g/mol. The molecule has 5 heteroatoms. The average Bonchev–Trinajstić information content (AvgIpc) is 2.57. The first kappa shape index (κ1) is 12.4. The highest BCUT2D eigenvalue weighted by atomic mass is 35.5. The molecule has 2 rings (SSSR count). The molecule has 2 aromatic rings. The van der Waals surface area contributed by atoms with Crippen molar-refractivity contribution in [2.45, 2.75) is 18.1 Å². The van der Waals surface area contributed by atoms with Gasteiger partial charge in [-0.25, -0.2) is 4.98 Å². The van der Waals surface area contributed by atoms with E-state index in [9.17, 15) is 0 Å². The normalized spacial score (nSPS) is 12.4. The van der Waals surface area contributed by atoms with Crippen LogP contribution in [0.3, 0.4) is 0 Å². The minimum Gasteiger partial charge on any atom is -0.333 e. The van der Waals surface area contributed by atoms with E-state index < -0.39 is 0 Å². The third-order valence-corrected chi connectivity index (χ3v) is 3.01. The summed E-state index contributed by atoms with van der Waals surface area (Å²) in [5.41, 5.74) is 7.77. The monoisotopic (exact) mass is 243 g/mol. The minimum absolute atomic E-state index is 0. The number of nitrogens with zero attached hydrogens (tertiary/aromatic N) is 1. The summed E-state index contributed by atoms with van der Waals surface area (Å²) in [5.74, 6) is 0.889. The quantitative estimate of drug-likeness (QED) is 0.815. The molecule has 82 valence electrons. The van der Waals surface area contributed by atoms with Gasteiger partial charge in [-0.05, 0) is 19.1 Å². The van der Waals surface area contributed by atoms with E-state index in [1.54, 1.807) is 11.8 Å². The van der Waals surface area contributed by atoms with Crippen LogP contribution in [0.15, 0.2) is 29.4 Å². The number of nitrogens with two attached hydrogens (primary N) is 1. The molecule has 1 aromatic carbocycles. The molecule has 0 saturated carbocycles. The van der Waals surface area contributed by atoms with Gasteiger partial charge in [-0.3, -0.25) is 0 Å². The third-order valence-electron chi connectivity index (χ3n) is 1.85. The Morgan fingerprint density at radius 3 is 2.87 bits per heavy atom. The lowest BCUT2D eigenvalue weighted by molar-refractivity contribution is 0.844. The molecular weight excluding hydrogens is 230 g/mol. The van der Waals surface area contributed by atoms with Gasteiger partial charge in [0.05, 0.1) is 11.0 Å². The first-order valence-corrected chi connectivity index (χ1v) is 5.57. The highest BCUT2D eigenvalue weighted by molar-refractivity contribution is 7.99. The number of halogens is 1. The third kappa shape index (κ3) is 3.12. The van der Waals surface area contributed by atoms with Crippen molar-refractivity contribution in [3.05, 3.63) is 24.3 Å². The fourth-order valence-corrected chi connectivity index (χ4v) is 1.97. The van der Waals surface area contributed by atoms with Crippen molar-refractivity contribution in [1.82, 2.24) is 9.97 Å². The predicted octanol–water partition coefficient (Wildman–Crippen LogP) is 2.42. The Morgan fingerprint density at radius 1 is 1.47 bits per heavy atom. The number of H-pyrrole nitrogens is 1. The van der Waals surface area contributed by atoms with Crippen LogP contribution in [0.1, 0.15) is 6.92 Å². The molecule has 15 heavy (non-hydrogen) atoms. The fourth-order valence-electron chi connectivity index (χ4n) is 1.21. The predicted molar refractivity (Wildman–Crippen MR) is 67.7 cm³/mol. The van der Waals surface area contributed by atoms with Crippen LogP contribution in [0, 0.1) is 0 Å². The zero-order valence-corrected chi connectivity index (χ0v) is 10.1. The Kier molecular flexibility index (Phi) is 4.45. The molecule has 1 aromatic heterocycles. The molecule has 1 atom stereocenters. The van der Waals surface area contributed by atoms with Crippen molar-refractivity contribution in [2.24, 2.45) is 5.73 Å². The summed E-state index contributed by atoms with van der Waals surface area (Å²) in [4.78, 5) is 7.68. The molecule has 0 aliphatic rings. The first-order valence-electron chi connectivity index (χ1n) is 4.59. The molecule has 3 nitrogen and oxygen atoms in total. The number of aromatic nitrogens is 2. The standard InChI is InChI=1S/C10H13N3S.ClH/c1-7(11)6-14-10-12-8-4-2-3-5-9(8)13-10;/h2-5,7H,6,11H2,1H3,(H,12,13);1H/t7-;/m1./s1. The van der Waals surface area contributed by atoms with Crippen LogP contribution in [-0.4, -0.2) is 21.8 Å². The highest BCUT2D eigenvalue weighted by Gasteiger charge is 2.03. The van der Waals surface area contributed by atoms with Gasteiger partial charge < -0.3 is 10.7 Å². The summed E-state index contributed by atoms with van der Waals surface area (Å²) < 4.78 is 0. The van der Waals surface area contributed by atoms with Gasteiger partial charge in [0.25, 0.3) is 0 Å². The summed E-state index contributed by atoms with van der Waals surface area (Å²) in [7, 11) is 0. The Labute approximate surface area is 99.3 Å². The van der Waals surface area contributed by atoms with Gasteiger partial charge in [0.1, 0.15) is 0 Å². The number of para-hydroxylation sites is 2. The van der Waals surface area contributed by atoms with Crippen LogP contribution in [0.4, 0.5) is 0 Å². The van der Waals surface area contributed by atoms with Crippen molar-refractivity contribution in [2.75, 3.05) is 5.75 Å².